The van der Waals surface area contributed by atoms with E-state index in [2.05, 4.69) is 10.1 Å². The lowest BCUT2D eigenvalue weighted by molar-refractivity contribution is 0.391. The number of fused-ring (bicyclic) bond motifs is 1. The van der Waals surface area contributed by atoms with Crippen molar-refractivity contribution in [3.8, 4) is 17.1 Å². The van der Waals surface area contributed by atoms with Gasteiger partial charge in [0, 0.05) is 10.5 Å². The van der Waals surface area contributed by atoms with Crippen molar-refractivity contribution in [2.45, 2.75) is 22.3 Å². The van der Waals surface area contributed by atoms with E-state index in [0.717, 1.165) is 16.9 Å². The van der Waals surface area contributed by atoms with E-state index in [-0.39, 0.29) is 5.56 Å². The fourth-order valence-corrected chi connectivity index (χ4v) is 4.85. The summed E-state index contributed by atoms with van der Waals surface area (Å²) in [6.07, 6.45) is 2.04. The Hall–Kier alpha value is -3.56. The molecule has 0 fully saturated rings. The SMILES string of the molecule is COc1ccc(Cn2c(SCc3nc(-c4ccc(SC)cc4)no3)nc3ccccc3c2=O)cc1. The zero-order chi connectivity index (χ0) is 24.2. The summed E-state index contributed by atoms with van der Waals surface area (Å²) in [5, 5.41) is 5.29. The Balaban J connectivity index is 1.42. The zero-order valence-electron chi connectivity index (χ0n) is 19.2. The highest BCUT2D eigenvalue weighted by Crippen LogP contribution is 2.25. The smallest absolute Gasteiger partial charge is 0.262 e. The fourth-order valence-electron chi connectivity index (χ4n) is 3.61. The third-order valence-electron chi connectivity index (χ3n) is 5.47. The average Bonchev–Trinajstić information content (AvgIpc) is 3.39. The number of nitrogens with zero attached hydrogens (tertiary/aromatic N) is 4. The third kappa shape index (κ3) is 5.11. The average molecular weight is 503 g/mol. The van der Waals surface area contributed by atoms with Crippen LogP contribution in [0.5, 0.6) is 5.75 Å². The van der Waals surface area contributed by atoms with Gasteiger partial charge in [0.1, 0.15) is 5.75 Å². The minimum Gasteiger partial charge on any atom is -0.497 e. The van der Waals surface area contributed by atoms with Crippen LogP contribution in [0.4, 0.5) is 0 Å². The monoisotopic (exact) mass is 502 g/mol. The summed E-state index contributed by atoms with van der Waals surface area (Å²) in [5.41, 5.74) is 2.43. The molecule has 0 spiro atoms. The first-order valence-corrected chi connectivity index (χ1v) is 13.1. The summed E-state index contributed by atoms with van der Waals surface area (Å²) in [6.45, 7) is 0.389. The second-order valence-corrected chi connectivity index (χ2v) is 9.50. The van der Waals surface area contributed by atoms with Crippen molar-refractivity contribution in [3.05, 3.63) is 94.6 Å². The van der Waals surface area contributed by atoms with Crippen LogP contribution < -0.4 is 10.3 Å². The highest BCUT2D eigenvalue weighted by Gasteiger charge is 2.15. The molecule has 0 unspecified atom stereocenters. The highest BCUT2D eigenvalue weighted by molar-refractivity contribution is 7.98. The van der Waals surface area contributed by atoms with E-state index in [1.165, 1.54) is 16.7 Å². The van der Waals surface area contributed by atoms with E-state index < -0.39 is 0 Å². The Morgan fingerprint density at radius 2 is 1.74 bits per heavy atom. The van der Waals surface area contributed by atoms with E-state index in [0.29, 0.717) is 40.1 Å². The molecule has 0 bridgehead atoms. The number of ether oxygens (including phenoxy) is 1. The Kier molecular flexibility index (Phi) is 6.87. The quantitative estimate of drug-likeness (QED) is 0.203. The van der Waals surface area contributed by atoms with Crippen LogP contribution in [0.1, 0.15) is 11.5 Å². The molecule has 9 heteroatoms. The molecule has 0 aliphatic carbocycles. The lowest BCUT2D eigenvalue weighted by Crippen LogP contribution is -2.24. The zero-order valence-corrected chi connectivity index (χ0v) is 20.8. The second kappa shape index (κ2) is 10.4. The summed E-state index contributed by atoms with van der Waals surface area (Å²) < 4.78 is 12.4. The van der Waals surface area contributed by atoms with Crippen molar-refractivity contribution >= 4 is 34.4 Å². The molecule has 35 heavy (non-hydrogen) atoms. The van der Waals surface area contributed by atoms with Gasteiger partial charge in [-0.05, 0) is 60.4 Å². The first-order valence-electron chi connectivity index (χ1n) is 10.9. The van der Waals surface area contributed by atoms with E-state index in [1.807, 2.05) is 73.0 Å². The van der Waals surface area contributed by atoms with E-state index in [9.17, 15) is 4.79 Å². The predicted octanol–water partition coefficient (Wildman–Crippen LogP) is 5.52. The summed E-state index contributed by atoms with van der Waals surface area (Å²) in [5.74, 6) is 2.17. The van der Waals surface area contributed by atoms with Crippen molar-refractivity contribution in [1.29, 1.82) is 0 Å². The van der Waals surface area contributed by atoms with E-state index in [1.54, 1.807) is 29.5 Å². The molecule has 3 aromatic carbocycles. The Bertz CT molecular complexity index is 1510. The molecule has 0 aliphatic heterocycles. The van der Waals surface area contributed by atoms with Crippen LogP contribution in [0.15, 0.2) is 92.2 Å². The van der Waals surface area contributed by atoms with Gasteiger partial charge in [0.05, 0.1) is 30.3 Å². The standard InChI is InChI=1S/C26H22N4O3S2/c1-32-19-11-7-17(8-12-19)15-30-25(31)21-5-3-4-6-22(21)27-26(30)35-16-23-28-24(29-33-23)18-9-13-20(34-2)14-10-18/h3-14H,15-16H2,1-2H3. The van der Waals surface area contributed by atoms with Crippen molar-refractivity contribution in [2.75, 3.05) is 13.4 Å². The number of hydrogen-bond donors (Lipinski definition) is 0. The Labute approximate surface area is 210 Å². The van der Waals surface area contributed by atoms with Crippen LogP contribution in [0.3, 0.4) is 0 Å². The topological polar surface area (TPSA) is 83.0 Å². The molecule has 0 atom stereocenters. The summed E-state index contributed by atoms with van der Waals surface area (Å²) in [7, 11) is 1.63. The summed E-state index contributed by atoms with van der Waals surface area (Å²) in [6, 6.07) is 23.0. The van der Waals surface area contributed by atoms with Crippen LogP contribution in [0.25, 0.3) is 22.3 Å². The minimum absolute atomic E-state index is 0.0889. The number of para-hydroxylation sites is 1. The molecule has 2 aromatic heterocycles. The van der Waals surface area contributed by atoms with Crippen LogP contribution >= 0.6 is 23.5 Å². The summed E-state index contributed by atoms with van der Waals surface area (Å²) in [4.78, 5) is 23.8. The normalized spacial score (nSPS) is 11.1. The van der Waals surface area contributed by atoms with Gasteiger partial charge < -0.3 is 9.26 Å². The van der Waals surface area contributed by atoms with Gasteiger partial charge in [0.2, 0.25) is 11.7 Å². The van der Waals surface area contributed by atoms with Crippen molar-refractivity contribution in [2.24, 2.45) is 0 Å². The molecule has 5 aromatic rings. The number of aromatic nitrogens is 4. The molecule has 0 amide bonds. The Morgan fingerprint density at radius 1 is 0.971 bits per heavy atom. The predicted molar refractivity (Wildman–Crippen MR) is 139 cm³/mol. The third-order valence-corrected chi connectivity index (χ3v) is 7.17. The summed E-state index contributed by atoms with van der Waals surface area (Å²) >= 11 is 3.08. The number of rotatable bonds is 8. The molecule has 0 saturated carbocycles. The molecule has 2 heterocycles. The maximum absolute atomic E-state index is 13.4. The van der Waals surface area contributed by atoms with Gasteiger partial charge in [-0.1, -0.05) is 41.2 Å². The van der Waals surface area contributed by atoms with Crippen molar-refractivity contribution in [3.63, 3.8) is 0 Å². The van der Waals surface area contributed by atoms with Crippen molar-refractivity contribution < 1.29 is 9.26 Å². The van der Waals surface area contributed by atoms with Gasteiger partial charge in [-0.15, -0.1) is 11.8 Å². The maximum atomic E-state index is 13.4. The van der Waals surface area contributed by atoms with E-state index >= 15 is 0 Å². The molecule has 176 valence electrons. The number of thioether (sulfide) groups is 2. The maximum Gasteiger partial charge on any atom is 0.262 e. The molecular formula is C26H22N4O3S2. The number of benzene rings is 3. The van der Waals surface area contributed by atoms with Crippen LogP contribution in [-0.2, 0) is 12.3 Å². The largest absolute Gasteiger partial charge is 0.497 e. The molecule has 0 radical (unpaired) electrons. The first-order chi connectivity index (χ1) is 17.1. The molecule has 0 N–H and O–H groups in total. The van der Waals surface area contributed by atoms with E-state index in [4.69, 9.17) is 14.2 Å². The highest BCUT2D eigenvalue weighted by atomic mass is 32.2. The van der Waals surface area contributed by atoms with Gasteiger partial charge in [-0.25, -0.2) is 4.98 Å². The van der Waals surface area contributed by atoms with Crippen molar-refractivity contribution in [1.82, 2.24) is 19.7 Å². The van der Waals surface area contributed by atoms with Gasteiger partial charge in [0.15, 0.2) is 5.16 Å². The first kappa shape index (κ1) is 23.2. The van der Waals surface area contributed by atoms with Crippen LogP contribution in [0.2, 0.25) is 0 Å². The number of hydrogen-bond acceptors (Lipinski definition) is 8. The lowest BCUT2D eigenvalue weighted by atomic mass is 10.2. The molecule has 0 aliphatic rings. The molecule has 5 rings (SSSR count). The molecule has 7 nitrogen and oxygen atoms in total. The molecule has 0 saturated heterocycles. The van der Waals surface area contributed by atoms with Gasteiger partial charge in [-0.3, -0.25) is 9.36 Å². The Morgan fingerprint density at radius 3 is 2.49 bits per heavy atom. The lowest BCUT2D eigenvalue weighted by Gasteiger charge is -2.13. The van der Waals surface area contributed by atoms with Gasteiger partial charge in [-0.2, -0.15) is 4.98 Å². The number of methoxy groups -OCH3 is 1. The van der Waals surface area contributed by atoms with Crippen LogP contribution in [-0.4, -0.2) is 33.1 Å². The second-order valence-electron chi connectivity index (χ2n) is 7.68. The van der Waals surface area contributed by atoms with Crippen LogP contribution in [0, 0.1) is 0 Å². The minimum atomic E-state index is -0.0889. The van der Waals surface area contributed by atoms with Gasteiger partial charge >= 0.3 is 0 Å². The van der Waals surface area contributed by atoms with Gasteiger partial charge in [0.25, 0.3) is 5.56 Å². The fraction of sp³-hybridized carbons (Fsp3) is 0.154. The molecular weight excluding hydrogens is 480 g/mol.